The van der Waals surface area contributed by atoms with Gasteiger partial charge in [-0.15, -0.1) is 0 Å². The zero-order chi connectivity index (χ0) is 13.9. The monoisotopic (exact) mass is 335 g/mol. The molecule has 0 spiro atoms. The Hall–Kier alpha value is -1.17. The highest BCUT2D eigenvalue weighted by molar-refractivity contribution is 9.10. The van der Waals surface area contributed by atoms with Crippen molar-refractivity contribution < 1.29 is 4.74 Å². The molecule has 3 rings (SSSR count). The third kappa shape index (κ3) is 2.95. The molecule has 2 heterocycles. The number of hydrogen-bond donors (Lipinski definition) is 1. The molecule has 1 saturated heterocycles. The van der Waals surface area contributed by atoms with Gasteiger partial charge in [0.2, 0.25) is 0 Å². The number of imidazole rings is 1. The van der Waals surface area contributed by atoms with Crippen LogP contribution in [0.5, 0.6) is 0 Å². The Morgan fingerprint density at radius 3 is 3.15 bits per heavy atom. The maximum Gasteiger partial charge on any atom is 0.0951 e. The summed E-state index contributed by atoms with van der Waals surface area (Å²) >= 11 is 3.50. The van der Waals surface area contributed by atoms with Crippen LogP contribution in [-0.2, 0) is 11.3 Å². The summed E-state index contributed by atoms with van der Waals surface area (Å²) in [5.74, 6) is 0.396. The Labute approximate surface area is 127 Å². The minimum atomic E-state index is -0.00727. The van der Waals surface area contributed by atoms with E-state index in [2.05, 4.69) is 37.6 Å². The first-order valence-corrected chi connectivity index (χ1v) is 7.61. The molecule has 5 heteroatoms. The third-order valence-electron chi connectivity index (χ3n) is 3.80. The van der Waals surface area contributed by atoms with Gasteiger partial charge in [0.05, 0.1) is 24.7 Å². The van der Waals surface area contributed by atoms with E-state index in [4.69, 9.17) is 10.5 Å². The molecule has 2 unspecified atom stereocenters. The van der Waals surface area contributed by atoms with E-state index < -0.39 is 0 Å². The first-order valence-electron chi connectivity index (χ1n) is 6.82. The molecule has 0 saturated carbocycles. The van der Waals surface area contributed by atoms with E-state index in [1.807, 2.05) is 24.7 Å². The largest absolute Gasteiger partial charge is 0.381 e. The van der Waals surface area contributed by atoms with Gasteiger partial charge in [0.15, 0.2) is 0 Å². The molecule has 1 fully saturated rings. The third-order valence-corrected chi connectivity index (χ3v) is 4.29. The smallest absolute Gasteiger partial charge is 0.0951 e. The van der Waals surface area contributed by atoms with Crippen LogP contribution in [-0.4, -0.2) is 22.8 Å². The number of benzene rings is 1. The molecule has 1 aliphatic rings. The fourth-order valence-electron chi connectivity index (χ4n) is 2.65. The van der Waals surface area contributed by atoms with Crippen LogP contribution in [0.4, 0.5) is 0 Å². The molecule has 2 aromatic rings. The highest BCUT2D eigenvalue weighted by Gasteiger charge is 2.26. The van der Waals surface area contributed by atoms with Crippen LogP contribution in [0.2, 0.25) is 0 Å². The second kappa shape index (κ2) is 6.08. The second-order valence-electron chi connectivity index (χ2n) is 5.23. The van der Waals surface area contributed by atoms with E-state index in [0.29, 0.717) is 5.92 Å². The van der Waals surface area contributed by atoms with Gasteiger partial charge in [0.1, 0.15) is 0 Å². The fraction of sp³-hybridized carbons (Fsp3) is 0.400. The van der Waals surface area contributed by atoms with Crippen molar-refractivity contribution in [3.63, 3.8) is 0 Å². The highest BCUT2D eigenvalue weighted by Crippen LogP contribution is 2.27. The second-order valence-corrected chi connectivity index (χ2v) is 6.14. The van der Waals surface area contributed by atoms with Crippen molar-refractivity contribution >= 4 is 15.9 Å². The number of hydrogen-bond acceptors (Lipinski definition) is 3. The normalized spacial score (nSPS) is 20.2. The maximum atomic E-state index is 6.38. The van der Waals surface area contributed by atoms with Crippen molar-refractivity contribution in [1.29, 1.82) is 0 Å². The summed E-state index contributed by atoms with van der Waals surface area (Å²) < 4.78 is 8.65. The van der Waals surface area contributed by atoms with Crippen LogP contribution < -0.4 is 5.73 Å². The lowest BCUT2D eigenvalue weighted by molar-refractivity contribution is 0.180. The van der Waals surface area contributed by atoms with E-state index in [0.717, 1.165) is 36.3 Å². The topological polar surface area (TPSA) is 53.1 Å². The molecule has 1 aliphatic heterocycles. The van der Waals surface area contributed by atoms with Gasteiger partial charge in [-0.25, -0.2) is 4.98 Å². The van der Waals surface area contributed by atoms with Crippen LogP contribution in [0.25, 0.3) is 0 Å². The summed E-state index contributed by atoms with van der Waals surface area (Å²) in [6, 6.07) is 8.29. The molecule has 0 aliphatic carbocycles. The highest BCUT2D eigenvalue weighted by atomic mass is 79.9. The van der Waals surface area contributed by atoms with Crippen molar-refractivity contribution in [1.82, 2.24) is 9.55 Å². The number of ether oxygens (including phenoxy) is 1. The summed E-state index contributed by atoms with van der Waals surface area (Å²) in [7, 11) is 0. The van der Waals surface area contributed by atoms with E-state index >= 15 is 0 Å². The number of rotatable bonds is 4. The number of aromatic nitrogens is 2. The first-order chi connectivity index (χ1) is 9.74. The first kappa shape index (κ1) is 13.8. The molecular weight excluding hydrogens is 318 g/mol. The van der Waals surface area contributed by atoms with Gasteiger partial charge in [0.25, 0.3) is 0 Å². The van der Waals surface area contributed by atoms with Crippen molar-refractivity contribution in [3.8, 4) is 0 Å². The molecule has 1 aromatic heterocycles. The van der Waals surface area contributed by atoms with E-state index in [9.17, 15) is 0 Å². The zero-order valence-electron chi connectivity index (χ0n) is 11.2. The van der Waals surface area contributed by atoms with Crippen molar-refractivity contribution in [2.45, 2.75) is 19.0 Å². The average molecular weight is 336 g/mol. The SMILES string of the molecule is NC(c1cncn1Cc1cccc(Br)c1)C1CCOC1. The minimum Gasteiger partial charge on any atom is -0.381 e. The molecule has 0 radical (unpaired) electrons. The molecule has 0 bridgehead atoms. The molecule has 20 heavy (non-hydrogen) atoms. The van der Waals surface area contributed by atoms with Crippen molar-refractivity contribution in [2.24, 2.45) is 11.7 Å². The average Bonchev–Trinajstić information content (AvgIpc) is 3.09. The lowest BCUT2D eigenvalue weighted by Gasteiger charge is -2.19. The zero-order valence-corrected chi connectivity index (χ0v) is 12.8. The maximum absolute atomic E-state index is 6.38. The van der Waals surface area contributed by atoms with Crippen molar-refractivity contribution in [2.75, 3.05) is 13.2 Å². The molecule has 0 amide bonds. The predicted molar refractivity (Wildman–Crippen MR) is 81.3 cm³/mol. The summed E-state index contributed by atoms with van der Waals surface area (Å²) in [5, 5.41) is 0. The summed E-state index contributed by atoms with van der Waals surface area (Å²) in [6.07, 6.45) is 4.76. The Kier molecular flexibility index (Phi) is 4.19. The van der Waals surface area contributed by atoms with Gasteiger partial charge in [-0.05, 0) is 24.1 Å². The Bertz CT molecular complexity index is 578. The van der Waals surface area contributed by atoms with Crippen LogP contribution in [0.3, 0.4) is 0 Å². The summed E-state index contributed by atoms with van der Waals surface area (Å²) in [4.78, 5) is 4.26. The molecule has 2 N–H and O–H groups in total. The van der Waals surface area contributed by atoms with Gasteiger partial charge in [0, 0.05) is 29.7 Å². The molecule has 4 nitrogen and oxygen atoms in total. The predicted octanol–water partition coefficient (Wildman–Crippen LogP) is 2.73. The van der Waals surface area contributed by atoms with Gasteiger partial charge in [-0.3, -0.25) is 0 Å². The van der Waals surface area contributed by atoms with Crippen molar-refractivity contribution in [3.05, 3.63) is 52.5 Å². The minimum absolute atomic E-state index is 0.00727. The van der Waals surface area contributed by atoms with Crippen LogP contribution in [0.15, 0.2) is 41.3 Å². The van der Waals surface area contributed by atoms with Crippen LogP contribution >= 0.6 is 15.9 Å². The summed E-state index contributed by atoms with van der Waals surface area (Å²) in [6.45, 7) is 2.36. The standard InChI is InChI=1S/C15H18BrN3O/c16-13-3-1-2-11(6-13)8-19-10-18-7-14(19)15(17)12-4-5-20-9-12/h1-3,6-7,10,12,15H,4-5,8-9,17H2. The van der Waals surface area contributed by atoms with E-state index in [1.54, 1.807) is 0 Å². The Balaban J connectivity index is 1.79. The lowest BCUT2D eigenvalue weighted by atomic mass is 9.97. The van der Waals surface area contributed by atoms with E-state index in [1.165, 1.54) is 5.56 Å². The fourth-order valence-corrected chi connectivity index (χ4v) is 3.10. The van der Waals surface area contributed by atoms with Crippen LogP contribution in [0.1, 0.15) is 23.7 Å². The van der Waals surface area contributed by atoms with Gasteiger partial charge < -0.3 is 15.0 Å². The Morgan fingerprint density at radius 2 is 2.40 bits per heavy atom. The molecular formula is C15H18BrN3O. The molecule has 106 valence electrons. The lowest BCUT2D eigenvalue weighted by Crippen LogP contribution is -2.24. The Morgan fingerprint density at radius 1 is 1.50 bits per heavy atom. The van der Waals surface area contributed by atoms with Gasteiger partial charge in [-0.2, -0.15) is 0 Å². The van der Waals surface area contributed by atoms with Crippen LogP contribution in [0, 0.1) is 5.92 Å². The summed E-state index contributed by atoms with van der Waals surface area (Å²) in [5.41, 5.74) is 8.69. The molecule has 1 aromatic carbocycles. The molecule has 2 atom stereocenters. The van der Waals surface area contributed by atoms with Gasteiger partial charge in [-0.1, -0.05) is 28.1 Å². The van der Waals surface area contributed by atoms with E-state index in [-0.39, 0.29) is 6.04 Å². The number of halogens is 1. The number of nitrogens with zero attached hydrogens (tertiary/aromatic N) is 2. The van der Waals surface area contributed by atoms with Gasteiger partial charge >= 0.3 is 0 Å². The quantitative estimate of drug-likeness (QED) is 0.934. The number of nitrogens with two attached hydrogens (primary N) is 1.